The first-order valence-electron chi connectivity index (χ1n) is 7.15. The Morgan fingerprint density at radius 3 is 2.63 bits per heavy atom. The molecule has 0 spiro atoms. The van der Waals surface area contributed by atoms with E-state index in [0.717, 1.165) is 5.92 Å². The third kappa shape index (κ3) is 6.80. The Balaban J connectivity index is 2.14. The number of hydrogen-bond acceptors (Lipinski definition) is 3. The van der Waals surface area contributed by atoms with Gasteiger partial charge < -0.3 is 10.6 Å². The van der Waals surface area contributed by atoms with Crippen LogP contribution >= 0.6 is 0 Å². The van der Waals surface area contributed by atoms with E-state index in [4.69, 9.17) is 0 Å². The van der Waals surface area contributed by atoms with Crippen molar-refractivity contribution < 1.29 is 13.2 Å². The predicted molar refractivity (Wildman–Crippen MR) is 76.9 cm³/mol. The molecule has 0 saturated heterocycles. The molecule has 2 N–H and O–H groups in total. The number of rotatable bonds is 6. The van der Waals surface area contributed by atoms with Crippen LogP contribution in [0.5, 0.6) is 0 Å². The quantitative estimate of drug-likeness (QED) is 0.779. The standard InChI is InChI=1S/C13H26N2O3S/c1-3-19(17,18)8-7-14-13(16)15-10-12-6-4-5-11(2)9-12/h11-12H,3-10H2,1-2H3,(H2,14,15,16)/t11-,12-/m0/s1. The average Bonchev–Trinajstić information content (AvgIpc) is 2.36. The van der Waals surface area contributed by atoms with Gasteiger partial charge >= 0.3 is 6.03 Å². The molecule has 0 heterocycles. The summed E-state index contributed by atoms with van der Waals surface area (Å²) in [5.41, 5.74) is 0. The van der Waals surface area contributed by atoms with Crippen LogP contribution in [0.4, 0.5) is 4.79 Å². The van der Waals surface area contributed by atoms with E-state index in [9.17, 15) is 13.2 Å². The molecule has 1 fully saturated rings. The number of amides is 2. The van der Waals surface area contributed by atoms with Crippen LogP contribution in [0.2, 0.25) is 0 Å². The van der Waals surface area contributed by atoms with Crippen molar-refractivity contribution in [2.24, 2.45) is 11.8 Å². The van der Waals surface area contributed by atoms with Gasteiger partial charge in [-0.2, -0.15) is 0 Å². The molecule has 2 amide bonds. The molecule has 112 valence electrons. The molecule has 2 atom stereocenters. The highest BCUT2D eigenvalue weighted by molar-refractivity contribution is 7.91. The summed E-state index contributed by atoms with van der Waals surface area (Å²) in [5, 5.41) is 5.43. The minimum Gasteiger partial charge on any atom is -0.338 e. The molecule has 0 aromatic carbocycles. The smallest absolute Gasteiger partial charge is 0.314 e. The highest BCUT2D eigenvalue weighted by atomic mass is 32.2. The molecular weight excluding hydrogens is 264 g/mol. The fourth-order valence-electron chi connectivity index (χ4n) is 2.51. The fraction of sp³-hybridized carbons (Fsp3) is 0.923. The molecule has 1 aliphatic carbocycles. The predicted octanol–water partition coefficient (Wildman–Crippen LogP) is 1.55. The van der Waals surface area contributed by atoms with Crippen molar-refractivity contribution in [2.45, 2.75) is 39.5 Å². The van der Waals surface area contributed by atoms with E-state index in [2.05, 4.69) is 17.6 Å². The maximum absolute atomic E-state index is 11.5. The van der Waals surface area contributed by atoms with Crippen LogP contribution in [-0.4, -0.2) is 39.0 Å². The number of carbonyl (C=O) groups excluding carboxylic acids is 1. The zero-order valence-electron chi connectivity index (χ0n) is 11.9. The van der Waals surface area contributed by atoms with Gasteiger partial charge in [-0.15, -0.1) is 0 Å². The Morgan fingerprint density at radius 2 is 2.00 bits per heavy atom. The Hall–Kier alpha value is -0.780. The summed E-state index contributed by atoms with van der Waals surface area (Å²) in [7, 11) is -3.00. The number of carbonyl (C=O) groups is 1. The van der Waals surface area contributed by atoms with Crippen LogP contribution in [0.25, 0.3) is 0 Å². The summed E-state index contributed by atoms with van der Waals surface area (Å²) in [6.07, 6.45) is 4.88. The molecule has 0 aromatic heterocycles. The topological polar surface area (TPSA) is 75.3 Å². The third-order valence-corrected chi connectivity index (χ3v) is 5.44. The Bertz CT molecular complexity index is 381. The molecule has 1 rings (SSSR count). The molecule has 0 aliphatic heterocycles. The van der Waals surface area contributed by atoms with Crippen molar-refractivity contribution in [3.05, 3.63) is 0 Å². The number of hydrogen-bond donors (Lipinski definition) is 2. The van der Waals surface area contributed by atoms with Crippen LogP contribution in [0.1, 0.15) is 39.5 Å². The number of urea groups is 1. The van der Waals surface area contributed by atoms with Crippen LogP contribution in [0.15, 0.2) is 0 Å². The molecule has 0 aromatic rings. The van der Waals surface area contributed by atoms with Gasteiger partial charge in [0.15, 0.2) is 9.84 Å². The zero-order chi connectivity index (χ0) is 14.3. The Morgan fingerprint density at radius 1 is 1.26 bits per heavy atom. The first kappa shape index (κ1) is 16.3. The average molecular weight is 290 g/mol. The van der Waals surface area contributed by atoms with Crippen molar-refractivity contribution in [1.29, 1.82) is 0 Å². The minimum absolute atomic E-state index is 0.0113. The lowest BCUT2D eigenvalue weighted by Gasteiger charge is -2.26. The van der Waals surface area contributed by atoms with E-state index in [-0.39, 0.29) is 24.1 Å². The Kier molecular flexibility index (Phi) is 6.62. The van der Waals surface area contributed by atoms with Crippen molar-refractivity contribution in [3.8, 4) is 0 Å². The van der Waals surface area contributed by atoms with Crippen molar-refractivity contribution >= 4 is 15.9 Å². The van der Waals surface area contributed by atoms with Crippen molar-refractivity contribution in [1.82, 2.24) is 10.6 Å². The SMILES string of the molecule is CCS(=O)(=O)CCNC(=O)NC[C@H]1CCC[C@H](C)C1. The fourth-order valence-corrected chi connectivity index (χ4v) is 3.21. The van der Waals surface area contributed by atoms with Gasteiger partial charge in [0.05, 0.1) is 5.75 Å². The summed E-state index contributed by atoms with van der Waals surface area (Å²) in [4.78, 5) is 11.5. The van der Waals surface area contributed by atoms with E-state index in [0.29, 0.717) is 12.5 Å². The molecule has 0 unspecified atom stereocenters. The van der Waals surface area contributed by atoms with Crippen LogP contribution in [0.3, 0.4) is 0 Å². The maximum atomic E-state index is 11.5. The van der Waals surface area contributed by atoms with Gasteiger partial charge in [0.1, 0.15) is 0 Å². The lowest BCUT2D eigenvalue weighted by Crippen LogP contribution is -2.40. The lowest BCUT2D eigenvalue weighted by molar-refractivity contribution is 0.231. The zero-order valence-corrected chi connectivity index (χ0v) is 12.8. The van der Waals surface area contributed by atoms with E-state index in [1.807, 2.05) is 0 Å². The van der Waals surface area contributed by atoms with Crippen LogP contribution in [-0.2, 0) is 9.84 Å². The summed E-state index contributed by atoms with van der Waals surface area (Å²) in [5.74, 6) is 1.44. The normalized spacial score (nSPS) is 23.9. The lowest BCUT2D eigenvalue weighted by atomic mass is 9.82. The van der Waals surface area contributed by atoms with Gasteiger partial charge in [0, 0.05) is 18.8 Å². The largest absolute Gasteiger partial charge is 0.338 e. The number of nitrogens with one attached hydrogen (secondary N) is 2. The third-order valence-electron chi connectivity index (χ3n) is 3.73. The molecule has 5 nitrogen and oxygen atoms in total. The minimum atomic E-state index is -3.00. The summed E-state index contributed by atoms with van der Waals surface area (Å²) in [6, 6.07) is -0.260. The van der Waals surface area contributed by atoms with Crippen LogP contribution in [0, 0.1) is 11.8 Å². The van der Waals surface area contributed by atoms with E-state index < -0.39 is 9.84 Å². The molecular formula is C13H26N2O3S. The summed E-state index contributed by atoms with van der Waals surface area (Å²) < 4.78 is 22.5. The highest BCUT2D eigenvalue weighted by Gasteiger charge is 2.19. The summed E-state index contributed by atoms with van der Waals surface area (Å²) >= 11 is 0. The molecule has 0 radical (unpaired) electrons. The van der Waals surface area contributed by atoms with Crippen molar-refractivity contribution in [3.63, 3.8) is 0 Å². The van der Waals surface area contributed by atoms with E-state index in [1.165, 1.54) is 25.7 Å². The first-order chi connectivity index (χ1) is 8.93. The van der Waals surface area contributed by atoms with Crippen molar-refractivity contribution in [2.75, 3.05) is 24.6 Å². The first-order valence-corrected chi connectivity index (χ1v) is 8.97. The molecule has 19 heavy (non-hydrogen) atoms. The summed E-state index contributed by atoms with van der Waals surface area (Å²) in [6.45, 7) is 4.74. The molecule has 1 saturated carbocycles. The number of sulfone groups is 1. The van der Waals surface area contributed by atoms with Gasteiger partial charge in [-0.1, -0.05) is 26.7 Å². The van der Waals surface area contributed by atoms with Gasteiger partial charge in [-0.3, -0.25) is 0 Å². The van der Waals surface area contributed by atoms with Gasteiger partial charge in [0.25, 0.3) is 0 Å². The van der Waals surface area contributed by atoms with E-state index in [1.54, 1.807) is 6.92 Å². The van der Waals surface area contributed by atoms with Crippen LogP contribution < -0.4 is 10.6 Å². The second-order valence-electron chi connectivity index (χ2n) is 5.51. The highest BCUT2D eigenvalue weighted by Crippen LogP contribution is 2.27. The van der Waals surface area contributed by atoms with E-state index >= 15 is 0 Å². The molecule has 6 heteroatoms. The molecule has 0 bridgehead atoms. The van der Waals surface area contributed by atoms with Gasteiger partial charge in [0.2, 0.25) is 0 Å². The van der Waals surface area contributed by atoms with Gasteiger partial charge in [-0.05, 0) is 24.7 Å². The molecule has 1 aliphatic rings. The second-order valence-corrected chi connectivity index (χ2v) is 7.98. The van der Waals surface area contributed by atoms with Gasteiger partial charge in [-0.25, -0.2) is 13.2 Å². The maximum Gasteiger partial charge on any atom is 0.314 e. The Labute approximate surface area is 116 Å². The monoisotopic (exact) mass is 290 g/mol. The second kappa shape index (κ2) is 7.72.